The van der Waals surface area contributed by atoms with Crippen molar-refractivity contribution in [1.29, 1.82) is 5.26 Å². The van der Waals surface area contributed by atoms with Crippen molar-refractivity contribution in [3.8, 4) is 17.3 Å². The second-order valence-corrected chi connectivity index (χ2v) is 15.0. The molecule has 250 valence electrons. The molecular formula is C34H37F2N9O2S. The maximum Gasteiger partial charge on any atom is 0.228 e. The van der Waals surface area contributed by atoms with Crippen molar-refractivity contribution >= 4 is 49.1 Å². The van der Waals surface area contributed by atoms with Crippen LogP contribution in [0.2, 0.25) is 0 Å². The van der Waals surface area contributed by atoms with E-state index in [0.717, 1.165) is 87.4 Å². The lowest BCUT2D eigenvalue weighted by atomic mass is 9.93. The zero-order valence-corrected chi connectivity index (χ0v) is 27.6. The number of hydrogen-bond donors (Lipinski definition) is 2. The Kier molecular flexibility index (Phi) is 7.21. The predicted molar refractivity (Wildman–Crippen MR) is 180 cm³/mol. The fourth-order valence-electron chi connectivity index (χ4n) is 9.00. The molecule has 9 rings (SSSR count). The summed E-state index contributed by atoms with van der Waals surface area (Å²) in [6, 6.07) is 2.83. The molecule has 5 aliphatic heterocycles. The van der Waals surface area contributed by atoms with Gasteiger partial charge in [-0.25, -0.2) is 13.8 Å². The lowest BCUT2D eigenvalue weighted by Crippen LogP contribution is -2.55. The number of aromatic nitrogens is 3. The first kappa shape index (κ1) is 30.3. The maximum absolute atomic E-state index is 17.5. The molecule has 3 N–H and O–H groups in total. The molecule has 0 saturated carbocycles. The third kappa shape index (κ3) is 4.59. The molecule has 8 heterocycles. The lowest BCUT2D eigenvalue weighted by Gasteiger charge is -2.43. The number of pyridine rings is 1. The Labute approximate surface area is 280 Å². The van der Waals surface area contributed by atoms with Crippen molar-refractivity contribution in [2.75, 3.05) is 61.3 Å². The molecule has 0 radical (unpaired) electrons. The number of hydrogen-bond acceptors (Lipinski definition) is 12. The van der Waals surface area contributed by atoms with E-state index in [1.54, 1.807) is 0 Å². The van der Waals surface area contributed by atoms with Gasteiger partial charge in [-0.1, -0.05) is 0 Å². The van der Waals surface area contributed by atoms with Gasteiger partial charge >= 0.3 is 0 Å². The molecule has 5 aliphatic rings. The average molecular weight is 674 g/mol. The number of β-amino-alcohol motifs (C(OH)–C–C–N with tert-alkyl or cyclic N) is 1. The van der Waals surface area contributed by atoms with Crippen molar-refractivity contribution in [2.24, 2.45) is 0 Å². The summed E-state index contributed by atoms with van der Waals surface area (Å²) < 4.78 is 38.8. The van der Waals surface area contributed by atoms with Crippen LogP contribution in [0.1, 0.15) is 49.3 Å². The maximum atomic E-state index is 17.5. The monoisotopic (exact) mass is 673 g/mol. The summed E-state index contributed by atoms with van der Waals surface area (Å²) in [5, 5.41) is 21.2. The summed E-state index contributed by atoms with van der Waals surface area (Å²) >= 11 is 0.967. The summed E-state index contributed by atoms with van der Waals surface area (Å²) in [4.78, 5) is 24.2. The van der Waals surface area contributed by atoms with E-state index >= 15 is 8.78 Å². The van der Waals surface area contributed by atoms with Crippen LogP contribution in [0.5, 0.6) is 0 Å². The molecular weight excluding hydrogens is 636 g/mol. The van der Waals surface area contributed by atoms with Gasteiger partial charge < -0.3 is 25.4 Å². The highest BCUT2D eigenvalue weighted by Crippen LogP contribution is 2.48. The number of thiophene rings is 1. The van der Waals surface area contributed by atoms with Gasteiger partial charge in [0, 0.05) is 68.3 Å². The zero-order chi connectivity index (χ0) is 32.8. The number of halogens is 2. The third-order valence-corrected chi connectivity index (χ3v) is 12.0. The largest absolute Gasteiger partial charge is 0.392 e. The van der Waals surface area contributed by atoms with E-state index in [1.807, 2.05) is 6.92 Å². The number of ether oxygens (including phenoxy) is 1. The van der Waals surface area contributed by atoms with Crippen LogP contribution in [0.25, 0.3) is 32.2 Å². The molecule has 4 atom stereocenters. The topological polar surface area (TPSA) is 131 Å². The van der Waals surface area contributed by atoms with Gasteiger partial charge in [-0.15, -0.1) is 11.3 Å². The third-order valence-electron chi connectivity index (χ3n) is 11.0. The highest BCUT2D eigenvalue weighted by molar-refractivity contribution is 7.23. The SMILES string of the molecule is C[C@@H](O)CN1CC2CCC(C1)N2c1nc(N2CCN3CCC[C@H]3C2)nc2c(F)c(-c3ncc(F)c4sc(N)c(C#N)c34)c3c(c12)COC3. The lowest BCUT2D eigenvalue weighted by molar-refractivity contribution is 0.111. The van der Waals surface area contributed by atoms with Gasteiger partial charge in [0.1, 0.15) is 22.4 Å². The van der Waals surface area contributed by atoms with E-state index in [0.29, 0.717) is 29.5 Å². The number of nitrogen functional groups attached to an aromatic ring is 1. The van der Waals surface area contributed by atoms with Crippen molar-refractivity contribution in [3.63, 3.8) is 0 Å². The Morgan fingerprint density at radius 1 is 1.06 bits per heavy atom. The molecule has 0 aliphatic carbocycles. The standard InChI is InChI=1S/C34H37F2N9O2S/c1-17(46)11-42-12-19-4-5-20(13-42)45(19)33-27-23-16-47-15-22(23)25(29-26-21(9-37)32(38)48-31(26)24(35)10-39-29)28(36)30(27)40-34(41-33)44-8-7-43-6-2-3-18(43)14-44/h10,17-20,46H,2-8,11-16,38H2,1H3/t17-,18+,19?,20?/m1/s1. The van der Waals surface area contributed by atoms with Gasteiger partial charge in [0.05, 0.1) is 46.9 Å². The number of nitriles is 1. The number of rotatable bonds is 5. The number of nitrogens with two attached hydrogens (primary N) is 1. The summed E-state index contributed by atoms with van der Waals surface area (Å²) in [5.41, 5.74) is 8.21. The number of fused-ring (bicyclic) bond motifs is 7. The second-order valence-electron chi connectivity index (χ2n) is 14.0. The number of nitrogens with zero attached hydrogens (tertiary/aromatic N) is 8. The molecule has 48 heavy (non-hydrogen) atoms. The smallest absolute Gasteiger partial charge is 0.228 e. The van der Waals surface area contributed by atoms with Crippen LogP contribution in [-0.4, -0.2) is 99.9 Å². The normalized spacial score (nSPS) is 24.9. The minimum Gasteiger partial charge on any atom is -0.392 e. The predicted octanol–water partition coefficient (Wildman–Crippen LogP) is 3.99. The molecule has 11 nitrogen and oxygen atoms in total. The van der Waals surface area contributed by atoms with E-state index in [1.165, 1.54) is 6.42 Å². The van der Waals surface area contributed by atoms with E-state index in [4.69, 9.17) is 20.4 Å². The van der Waals surface area contributed by atoms with Gasteiger partial charge in [-0.05, 0) is 50.3 Å². The summed E-state index contributed by atoms with van der Waals surface area (Å²) in [6.07, 6.45) is 4.90. The number of piperazine rings is 2. The summed E-state index contributed by atoms with van der Waals surface area (Å²) in [6.45, 7) is 7.93. The molecule has 2 bridgehead atoms. The Morgan fingerprint density at radius 2 is 1.85 bits per heavy atom. The van der Waals surface area contributed by atoms with Gasteiger partial charge in [-0.2, -0.15) is 10.2 Å². The Morgan fingerprint density at radius 3 is 2.62 bits per heavy atom. The molecule has 4 aromatic rings. The van der Waals surface area contributed by atoms with Crippen LogP contribution in [0.3, 0.4) is 0 Å². The molecule has 0 amide bonds. The molecule has 14 heteroatoms. The Balaban J connectivity index is 1.27. The van der Waals surface area contributed by atoms with E-state index < -0.39 is 17.7 Å². The van der Waals surface area contributed by atoms with E-state index in [-0.39, 0.29) is 62.7 Å². The molecule has 4 saturated heterocycles. The first-order chi connectivity index (χ1) is 23.3. The van der Waals surface area contributed by atoms with Crippen molar-refractivity contribution < 1.29 is 18.6 Å². The Bertz CT molecular complexity index is 2000. The van der Waals surface area contributed by atoms with Crippen LogP contribution >= 0.6 is 11.3 Å². The highest BCUT2D eigenvalue weighted by atomic mass is 32.1. The van der Waals surface area contributed by atoms with Gasteiger partial charge in [-0.3, -0.25) is 14.8 Å². The molecule has 0 spiro atoms. The zero-order valence-electron chi connectivity index (χ0n) is 26.8. The van der Waals surface area contributed by atoms with Crippen LogP contribution in [0.4, 0.5) is 25.5 Å². The number of aliphatic hydroxyl groups excluding tert-OH is 1. The minimum atomic E-state index is -0.607. The van der Waals surface area contributed by atoms with Crippen LogP contribution in [0.15, 0.2) is 6.20 Å². The Hall–Kier alpha value is -3.74. The second kappa shape index (κ2) is 11.4. The van der Waals surface area contributed by atoms with Crippen molar-refractivity contribution in [1.82, 2.24) is 24.8 Å². The van der Waals surface area contributed by atoms with Crippen molar-refractivity contribution in [2.45, 2.75) is 70.1 Å². The summed E-state index contributed by atoms with van der Waals surface area (Å²) in [7, 11) is 0. The van der Waals surface area contributed by atoms with Crippen LogP contribution < -0.4 is 15.5 Å². The average Bonchev–Trinajstić information content (AvgIpc) is 3.86. The fraction of sp³-hybridized carbons (Fsp3) is 0.529. The number of aliphatic hydroxyl groups is 1. The van der Waals surface area contributed by atoms with Gasteiger partial charge in [0.15, 0.2) is 11.6 Å². The number of likely N-dealkylation sites (tertiary alicyclic amines) is 1. The van der Waals surface area contributed by atoms with E-state index in [2.05, 4.69) is 30.7 Å². The fourth-order valence-corrected chi connectivity index (χ4v) is 9.92. The number of anilines is 3. The van der Waals surface area contributed by atoms with Gasteiger partial charge in [0.2, 0.25) is 5.95 Å². The minimum absolute atomic E-state index is 0.0920. The first-order valence-corrected chi connectivity index (χ1v) is 17.7. The van der Waals surface area contributed by atoms with E-state index in [9.17, 15) is 10.4 Å². The van der Waals surface area contributed by atoms with Gasteiger partial charge in [0.25, 0.3) is 0 Å². The quantitative estimate of drug-likeness (QED) is 0.319. The first-order valence-electron chi connectivity index (χ1n) is 16.9. The molecule has 3 aromatic heterocycles. The van der Waals surface area contributed by atoms with Crippen LogP contribution in [-0.2, 0) is 18.0 Å². The molecule has 4 fully saturated rings. The van der Waals surface area contributed by atoms with Crippen molar-refractivity contribution in [3.05, 3.63) is 34.5 Å². The number of benzene rings is 1. The highest BCUT2D eigenvalue weighted by Gasteiger charge is 2.43. The molecule has 1 aromatic carbocycles. The molecule has 2 unspecified atom stereocenters. The summed E-state index contributed by atoms with van der Waals surface area (Å²) in [5.74, 6) is 0.0558. The van der Waals surface area contributed by atoms with Crippen LogP contribution in [0, 0.1) is 23.0 Å².